The summed E-state index contributed by atoms with van der Waals surface area (Å²) in [7, 11) is 0. The summed E-state index contributed by atoms with van der Waals surface area (Å²) in [6.07, 6.45) is 5.57. The van der Waals surface area contributed by atoms with Crippen LogP contribution in [-0.2, 0) is 0 Å². The fourth-order valence-corrected chi connectivity index (χ4v) is 2.39. The van der Waals surface area contributed by atoms with Crippen molar-refractivity contribution in [3.05, 3.63) is 23.7 Å². The van der Waals surface area contributed by atoms with Gasteiger partial charge < -0.3 is 14.8 Å². The van der Waals surface area contributed by atoms with E-state index in [9.17, 15) is 9.90 Å². The van der Waals surface area contributed by atoms with Gasteiger partial charge in [-0.2, -0.15) is 0 Å². The summed E-state index contributed by atoms with van der Waals surface area (Å²) >= 11 is 0. The Hall–Kier alpha value is -1.29. The van der Waals surface area contributed by atoms with E-state index in [1.54, 1.807) is 6.07 Å². The molecular formula is C13H19NO3. The van der Waals surface area contributed by atoms with Crippen LogP contribution in [0.15, 0.2) is 16.7 Å². The number of nitrogens with one attached hydrogen (secondary N) is 1. The van der Waals surface area contributed by atoms with Gasteiger partial charge in [-0.05, 0) is 31.7 Å². The third-order valence-electron chi connectivity index (χ3n) is 3.48. The van der Waals surface area contributed by atoms with Gasteiger partial charge in [-0.1, -0.05) is 12.8 Å². The lowest BCUT2D eigenvalue weighted by molar-refractivity contribution is 0.0817. The van der Waals surface area contributed by atoms with Crippen molar-refractivity contribution >= 4 is 5.91 Å². The van der Waals surface area contributed by atoms with Gasteiger partial charge in [-0.25, -0.2) is 0 Å². The van der Waals surface area contributed by atoms with Gasteiger partial charge in [0.15, 0.2) is 5.76 Å². The minimum absolute atomic E-state index is 0.246. The van der Waals surface area contributed by atoms with Crippen molar-refractivity contribution < 1.29 is 14.3 Å². The van der Waals surface area contributed by atoms with E-state index in [0.717, 1.165) is 18.4 Å². The standard InChI is InChI=1S/C13H19NO3/c1-9-6-7-17-12(9)13(16)14-8-11(15)10-4-2-3-5-10/h6-7,10-11,15H,2-5,8H2,1H3,(H,14,16). The third-order valence-corrected chi connectivity index (χ3v) is 3.48. The monoisotopic (exact) mass is 237 g/mol. The molecule has 2 rings (SSSR count). The van der Waals surface area contributed by atoms with Crippen molar-refractivity contribution in [2.45, 2.75) is 38.7 Å². The molecule has 17 heavy (non-hydrogen) atoms. The summed E-state index contributed by atoms with van der Waals surface area (Å²) in [6.45, 7) is 2.13. The molecule has 1 aliphatic carbocycles. The SMILES string of the molecule is Cc1ccoc1C(=O)NCC(O)C1CCCC1. The maximum atomic E-state index is 11.7. The number of aryl methyl sites for hydroxylation is 1. The zero-order valence-corrected chi connectivity index (χ0v) is 10.1. The van der Waals surface area contributed by atoms with Crippen LogP contribution in [-0.4, -0.2) is 23.7 Å². The average Bonchev–Trinajstić information content (AvgIpc) is 2.95. The van der Waals surface area contributed by atoms with Crippen LogP contribution in [0.5, 0.6) is 0 Å². The van der Waals surface area contributed by atoms with Gasteiger partial charge in [0.25, 0.3) is 5.91 Å². The summed E-state index contributed by atoms with van der Waals surface area (Å²) in [5.41, 5.74) is 0.817. The van der Waals surface area contributed by atoms with Gasteiger partial charge in [0.05, 0.1) is 12.4 Å². The van der Waals surface area contributed by atoms with Crippen molar-refractivity contribution in [3.8, 4) is 0 Å². The second kappa shape index (κ2) is 5.36. The van der Waals surface area contributed by atoms with E-state index in [1.165, 1.54) is 19.1 Å². The summed E-state index contributed by atoms with van der Waals surface area (Å²) in [4.78, 5) is 11.7. The molecule has 0 aliphatic heterocycles. The highest BCUT2D eigenvalue weighted by molar-refractivity contribution is 5.92. The van der Waals surface area contributed by atoms with E-state index in [1.807, 2.05) is 6.92 Å². The summed E-state index contributed by atoms with van der Waals surface area (Å²) in [5.74, 6) is 0.432. The fraction of sp³-hybridized carbons (Fsp3) is 0.615. The number of hydrogen-bond donors (Lipinski definition) is 2. The third kappa shape index (κ3) is 2.88. The first kappa shape index (κ1) is 12.2. The Morgan fingerprint density at radius 1 is 1.59 bits per heavy atom. The molecular weight excluding hydrogens is 218 g/mol. The molecule has 1 unspecified atom stereocenters. The number of furan rings is 1. The van der Waals surface area contributed by atoms with E-state index >= 15 is 0 Å². The fourth-order valence-electron chi connectivity index (χ4n) is 2.39. The van der Waals surface area contributed by atoms with Gasteiger partial charge in [-0.3, -0.25) is 4.79 Å². The van der Waals surface area contributed by atoms with Crippen LogP contribution in [0.2, 0.25) is 0 Å². The highest BCUT2D eigenvalue weighted by Gasteiger charge is 2.24. The molecule has 0 saturated heterocycles. The Morgan fingerprint density at radius 3 is 2.88 bits per heavy atom. The summed E-state index contributed by atoms with van der Waals surface area (Å²) in [5, 5.41) is 12.6. The molecule has 4 nitrogen and oxygen atoms in total. The Morgan fingerprint density at radius 2 is 2.29 bits per heavy atom. The second-order valence-corrected chi connectivity index (χ2v) is 4.75. The molecule has 0 spiro atoms. The molecule has 1 atom stereocenters. The first-order valence-corrected chi connectivity index (χ1v) is 6.19. The van der Waals surface area contributed by atoms with E-state index < -0.39 is 6.10 Å². The molecule has 0 aromatic carbocycles. The number of aliphatic hydroxyl groups is 1. The molecule has 1 fully saturated rings. The van der Waals surface area contributed by atoms with Crippen molar-refractivity contribution in [2.24, 2.45) is 5.92 Å². The smallest absolute Gasteiger partial charge is 0.287 e. The molecule has 1 amide bonds. The normalized spacial score (nSPS) is 18.2. The molecule has 0 radical (unpaired) electrons. The number of rotatable bonds is 4. The summed E-state index contributed by atoms with van der Waals surface area (Å²) in [6, 6.07) is 1.75. The van der Waals surface area contributed by atoms with Crippen molar-refractivity contribution in [3.63, 3.8) is 0 Å². The lowest BCUT2D eigenvalue weighted by atomic mass is 10.0. The number of carbonyl (C=O) groups is 1. The van der Waals surface area contributed by atoms with Gasteiger partial charge in [0.1, 0.15) is 0 Å². The number of carbonyl (C=O) groups excluding carboxylic acids is 1. The van der Waals surface area contributed by atoms with E-state index in [2.05, 4.69) is 5.32 Å². The molecule has 2 N–H and O–H groups in total. The molecule has 1 heterocycles. The molecule has 1 aromatic rings. The molecule has 4 heteroatoms. The highest BCUT2D eigenvalue weighted by atomic mass is 16.3. The average molecular weight is 237 g/mol. The Balaban J connectivity index is 1.82. The molecule has 1 saturated carbocycles. The zero-order valence-electron chi connectivity index (χ0n) is 10.1. The van der Waals surface area contributed by atoms with Gasteiger partial charge in [0.2, 0.25) is 0 Å². The lowest BCUT2D eigenvalue weighted by Gasteiger charge is -2.17. The molecule has 1 aliphatic rings. The quantitative estimate of drug-likeness (QED) is 0.840. The maximum absolute atomic E-state index is 11.7. The van der Waals surface area contributed by atoms with Gasteiger partial charge >= 0.3 is 0 Å². The second-order valence-electron chi connectivity index (χ2n) is 4.75. The number of aliphatic hydroxyl groups excluding tert-OH is 1. The minimum Gasteiger partial charge on any atom is -0.459 e. The minimum atomic E-state index is -0.434. The van der Waals surface area contributed by atoms with Crippen molar-refractivity contribution in [1.29, 1.82) is 0 Å². The van der Waals surface area contributed by atoms with E-state index in [4.69, 9.17) is 4.42 Å². The van der Waals surface area contributed by atoms with Crippen LogP contribution in [0.1, 0.15) is 41.8 Å². The summed E-state index contributed by atoms with van der Waals surface area (Å²) < 4.78 is 5.09. The number of hydrogen-bond acceptors (Lipinski definition) is 3. The van der Waals surface area contributed by atoms with Crippen molar-refractivity contribution in [2.75, 3.05) is 6.54 Å². The largest absolute Gasteiger partial charge is 0.459 e. The van der Waals surface area contributed by atoms with Crippen LogP contribution in [0.25, 0.3) is 0 Å². The predicted octanol–water partition coefficient (Wildman–Crippen LogP) is 1.87. The van der Waals surface area contributed by atoms with E-state index in [-0.39, 0.29) is 5.91 Å². The first-order chi connectivity index (χ1) is 8.18. The van der Waals surface area contributed by atoms with Crippen LogP contribution in [0.4, 0.5) is 0 Å². The number of amides is 1. The first-order valence-electron chi connectivity index (χ1n) is 6.19. The van der Waals surface area contributed by atoms with Gasteiger partial charge in [-0.15, -0.1) is 0 Å². The van der Waals surface area contributed by atoms with E-state index in [0.29, 0.717) is 18.2 Å². The van der Waals surface area contributed by atoms with Crippen LogP contribution in [0, 0.1) is 12.8 Å². The molecule has 0 bridgehead atoms. The van der Waals surface area contributed by atoms with Crippen molar-refractivity contribution in [1.82, 2.24) is 5.32 Å². The zero-order chi connectivity index (χ0) is 12.3. The van der Waals surface area contributed by atoms with Crippen LogP contribution < -0.4 is 5.32 Å². The Labute approximate surface area is 101 Å². The lowest BCUT2D eigenvalue weighted by Crippen LogP contribution is -2.35. The highest BCUT2D eigenvalue weighted by Crippen LogP contribution is 2.27. The molecule has 94 valence electrons. The molecule has 1 aromatic heterocycles. The predicted molar refractivity (Wildman–Crippen MR) is 63.7 cm³/mol. The topological polar surface area (TPSA) is 62.5 Å². The maximum Gasteiger partial charge on any atom is 0.287 e. The van der Waals surface area contributed by atoms with Crippen LogP contribution in [0.3, 0.4) is 0 Å². The van der Waals surface area contributed by atoms with Gasteiger partial charge in [0, 0.05) is 12.1 Å². The Kier molecular flexibility index (Phi) is 3.84. The Bertz CT molecular complexity index is 380. The van der Waals surface area contributed by atoms with Crippen LogP contribution >= 0.6 is 0 Å².